The minimum Gasteiger partial charge on any atom is -0.396 e. The molecule has 1 aliphatic carbocycles. The number of aliphatic hydroxyl groups is 1. The first-order chi connectivity index (χ1) is 13.6. The third-order valence-corrected chi connectivity index (χ3v) is 6.88. The van der Waals surface area contributed by atoms with Crippen molar-refractivity contribution in [3.63, 3.8) is 0 Å². The van der Waals surface area contributed by atoms with Crippen molar-refractivity contribution in [3.05, 3.63) is 17.0 Å². The van der Waals surface area contributed by atoms with E-state index in [4.69, 9.17) is 5.10 Å². The van der Waals surface area contributed by atoms with Gasteiger partial charge in [0.25, 0.3) is 5.91 Å². The lowest BCUT2D eigenvalue weighted by Crippen LogP contribution is -2.45. The van der Waals surface area contributed by atoms with Crippen LogP contribution in [-0.2, 0) is 19.4 Å². The van der Waals surface area contributed by atoms with Crippen LogP contribution in [0.15, 0.2) is 0 Å². The van der Waals surface area contributed by atoms with E-state index in [1.54, 1.807) is 0 Å². The van der Waals surface area contributed by atoms with Gasteiger partial charge in [-0.3, -0.25) is 9.48 Å². The monoisotopic (exact) mass is 388 g/mol. The molecule has 1 unspecified atom stereocenters. The number of fused-ring (bicyclic) bond motifs is 1. The summed E-state index contributed by atoms with van der Waals surface area (Å²) in [5.74, 6) is 1.14. The second kappa shape index (κ2) is 8.54. The number of rotatable bonds is 5. The maximum Gasteiger partial charge on any atom is 0.274 e. The Morgan fingerprint density at radius 1 is 1.14 bits per heavy atom. The van der Waals surface area contributed by atoms with E-state index >= 15 is 0 Å². The largest absolute Gasteiger partial charge is 0.396 e. The Bertz CT molecular complexity index is 685. The van der Waals surface area contributed by atoms with Crippen LogP contribution in [0.25, 0.3) is 0 Å². The Morgan fingerprint density at radius 3 is 2.50 bits per heavy atom. The van der Waals surface area contributed by atoms with E-state index < -0.39 is 0 Å². The number of carbonyl (C=O) groups is 1. The summed E-state index contributed by atoms with van der Waals surface area (Å²) >= 11 is 0. The van der Waals surface area contributed by atoms with Crippen LogP contribution < -0.4 is 0 Å². The first kappa shape index (κ1) is 19.9. The molecule has 3 heterocycles. The molecule has 1 aromatic heterocycles. The number of hydrogen-bond donors (Lipinski definition) is 1. The molecule has 1 atom stereocenters. The predicted molar refractivity (Wildman–Crippen MR) is 109 cm³/mol. The number of aromatic nitrogens is 2. The van der Waals surface area contributed by atoms with E-state index in [0.29, 0.717) is 24.5 Å². The Labute approximate surface area is 168 Å². The van der Waals surface area contributed by atoms with Crippen molar-refractivity contribution in [2.75, 3.05) is 32.8 Å². The average Bonchev–Trinajstić information content (AvgIpc) is 3.36. The number of piperidine rings is 1. The molecule has 1 aromatic rings. The molecule has 156 valence electrons. The van der Waals surface area contributed by atoms with Gasteiger partial charge in [-0.1, -0.05) is 13.8 Å². The smallest absolute Gasteiger partial charge is 0.274 e. The molecule has 6 heteroatoms. The molecule has 2 aliphatic heterocycles. The van der Waals surface area contributed by atoms with Crippen molar-refractivity contribution in [2.24, 2.45) is 11.8 Å². The normalized spacial score (nSPS) is 24.1. The molecule has 6 nitrogen and oxygen atoms in total. The van der Waals surface area contributed by atoms with Crippen molar-refractivity contribution in [2.45, 2.75) is 71.4 Å². The van der Waals surface area contributed by atoms with Gasteiger partial charge in [0.05, 0.1) is 0 Å². The second-order valence-corrected chi connectivity index (χ2v) is 9.41. The summed E-state index contributed by atoms with van der Waals surface area (Å²) in [6.07, 6.45) is 7.53. The molecule has 1 amide bonds. The van der Waals surface area contributed by atoms with Crippen LogP contribution in [-0.4, -0.2) is 69.4 Å². The summed E-state index contributed by atoms with van der Waals surface area (Å²) in [7, 11) is 0. The summed E-state index contributed by atoms with van der Waals surface area (Å²) in [5, 5.41) is 14.3. The maximum atomic E-state index is 13.2. The lowest BCUT2D eigenvalue weighted by molar-refractivity contribution is 0.0780. The molecule has 0 bridgehead atoms. The van der Waals surface area contributed by atoms with Crippen molar-refractivity contribution in [1.82, 2.24) is 19.6 Å². The van der Waals surface area contributed by atoms with Gasteiger partial charge in [0, 0.05) is 43.5 Å². The molecule has 2 fully saturated rings. The Hall–Kier alpha value is -1.40. The van der Waals surface area contributed by atoms with Crippen molar-refractivity contribution in [1.29, 1.82) is 0 Å². The van der Waals surface area contributed by atoms with Gasteiger partial charge in [-0.2, -0.15) is 5.10 Å². The Balaban J connectivity index is 1.56. The third kappa shape index (κ3) is 3.99. The number of amides is 1. The molecule has 0 aromatic carbocycles. The minimum absolute atomic E-state index is 0.149. The van der Waals surface area contributed by atoms with Crippen LogP contribution in [0.2, 0.25) is 0 Å². The van der Waals surface area contributed by atoms with Crippen molar-refractivity contribution < 1.29 is 9.90 Å². The van der Waals surface area contributed by atoms with E-state index in [9.17, 15) is 9.90 Å². The van der Waals surface area contributed by atoms with E-state index in [1.807, 2.05) is 4.90 Å². The first-order valence-electron chi connectivity index (χ1n) is 11.3. The Morgan fingerprint density at radius 2 is 1.86 bits per heavy atom. The van der Waals surface area contributed by atoms with Crippen LogP contribution in [0.5, 0.6) is 0 Å². The molecular weight excluding hydrogens is 352 g/mol. The van der Waals surface area contributed by atoms with E-state index in [2.05, 4.69) is 23.4 Å². The first-order valence-corrected chi connectivity index (χ1v) is 11.3. The standard InChI is InChI=1S/C22H36N4O2/c1-16(2)14-26-20-6-5-18(24-11-7-17(15-27)8-12-24)13-19(20)21(23-26)22(28)25-9-3-4-10-25/h16-18,27H,3-15H2,1-2H3. The van der Waals surface area contributed by atoms with Crippen molar-refractivity contribution in [3.8, 4) is 0 Å². The predicted octanol–water partition coefficient (Wildman–Crippen LogP) is 2.34. The van der Waals surface area contributed by atoms with E-state index in [-0.39, 0.29) is 5.91 Å². The number of carbonyl (C=O) groups excluding carboxylic acids is 1. The Kier molecular flexibility index (Phi) is 6.07. The number of aliphatic hydroxyl groups excluding tert-OH is 1. The molecule has 2 saturated heterocycles. The van der Waals surface area contributed by atoms with Crippen molar-refractivity contribution >= 4 is 5.91 Å². The molecule has 3 aliphatic rings. The summed E-state index contributed by atoms with van der Waals surface area (Å²) in [6.45, 7) is 9.54. The zero-order valence-corrected chi connectivity index (χ0v) is 17.6. The fourth-order valence-electron chi connectivity index (χ4n) is 5.22. The SMILES string of the molecule is CC(C)Cn1nc(C(=O)N2CCCC2)c2c1CCC(N1CCC(CO)CC1)C2. The summed E-state index contributed by atoms with van der Waals surface area (Å²) in [4.78, 5) is 17.8. The third-order valence-electron chi connectivity index (χ3n) is 6.88. The lowest BCUT2D eigenvalue weighted by Gasteiger charge is -2.39. The van der Waals surface area contributed by atoms with Gasteiger partial charge in [0.1, 0.15) is 0 Å². The fraction of sp³-hybridized carbons (Fsp3) is 0.818. The highest BCUT2D eigenvalue weighted by Gasteiger charge is 2.34. The van der Waals surface area contributed by atoms with Gasteiger partial charge >= 0.3 is 0 Å². The van der Waals surface area contributed by atoms with Gasteiger partial charge < -0.3 is 14.9 Å². The molecule has 0 saturated carbocycles. The molecule has 0 radical (unpaired) electrons. The van der Waals surface area contributed by atoms with Crippen LogP contribution in [0.1, 0.15) is 67.7 Å². The maximum absolute atomic E-state index is 13.2. The van der Waals surface area contributed by atoms with Gasteiger partial charge in [0.2, 0.25) is 0 Å². The highest BCUT2D eigenvalue weighted by molar-refractivity contribution is 5.94. The van der Waals surface area contributed by atoms with Crippen LogP contribution in [0.4, 0.5) is 0 Å². The van der Waals surface area contributed by atoms with Gasteiger partial charge in [-0.25, -0.2) is 0 Å². The number of hydrogen-bond acceptors (Lipinski definition) is 4. The van der Waals surface area contributed by atoms with Crippen LogP contribution in [0, 0.1) is 11.8 Å². The summed E-state index contributed by atoms with van der Waals surface area (Å²) < 4.78 is 2.14. The second-order valence-electron chi connectivity index (χ2n) is 9.41. The molecule has 4 rings (SSSR count). The minimum atomic E-state index is 0.149. The molecule has 28 heavy (non-hydrogen) atoms. The van der Waals surface area contributed by atoms with Crippen LogP contribution >= 0.6 is 0 Å². The van der Waals surface area contributed by atoms with Gasteiger partial charge in [-0.05, 0) is 69.9 Å². The zero-order valence-electron chi connectivity index (χ0n) is 17.6. The summed E-state index contributed by atoms with van der Waals surface area (Å²) in [6, 6.07) is 0.508. The zero-order chi connectivity index (χ0) is 19.7. The quantitative estimate of drug-likeness (QED) is 0.841. The fourth-order valence-corrected chi connectivity index (χ4v) is 5.22. The average molecular weight is 389 g/mol. The lowest BCUT2D eigenvalue weighted by atomic mass is 9.87. The topological polar surface area (TPSA) is 61.6 Å². The number of nitrogens with zero attached hydrogens (tertiary/aromatic N) is 4. The summed E-state index contributed by atoms with van der Waals surface area (Å²) in [5.41, 5.74) is 3.25. The van der Waals surface area contributed by atoms with E-state index in [1.165, 1.54) is 11.3 Å². The van der Waals surface area contributed by atoms with Crippen LogP contribution in [0.3, 0.4) is 0 Å². The molecule has 0 spiro atoms. The highest BCUT2D eigenvalue weighted by Crippen LogP contribution is 2.31. The van der Waals surface area contributed by atoms with E-state index in [0.717, 1.165) is 83.4 Å². The molecular formula is C22H36N4O2. The molecule has 1 N–H and O–H groups in total. The highest BCUT2D eigenvalue weighted by atomic mass is 16.3. The van der Waals surface area contributed by atoms with Gasteiger partial charge in [0.15, 0.2) is 5.69 Å². The van der Waals surface area contributed by atoms with Gasteiger partial charge in [-0.15, -0.1) is 0 Å². The number of likely N-dealkylation sites (tertiary alicyclic amines) is 2.